The second kappa shape index (κ2) is 6.76. The van der Waals surface area contributed by atoms with Gasteiger partial charge in [0.2, 0.25) is 5.43 Å². The number of methoxy groups -OCH3 is 1. The summed E-state index contributed by atoms with van der Waals surface area (Å²) in [5, 5.41) is 3.68. The highest BCUT2D eigenvalue weighted by Crippen LogP contribution is 2.17. The zero-order chi connectivity index (χ0) is 17.1. The number of rotatable bonds is 4. The minimum absolute atomic E-state index is 0.0443. The molecule has 1 heterocycles. The van der Waals surface area contributed by atoms with Crippen LogP contribution >= 0.6 is 11.6 Å². The van der Waals surface area contributed by atoms with Crippen LogP contribution in [-0.4, -0.2) is 18.0 Å². The summed E-state index contributed by atoms with van der Waals surface area (Å²) in [5.74, 6) is 0.0996. The molecule has 0 aliphatic rings. The number of halogens is 1. The van der Waals surface area contributed by atoms with Gasteiger partial charge in [0.05, 0.1) is 7.11 Å². The van der Waals surface area contributed by atoms with Gasteiger partial charge in [0.25, 0.3) is 5.91 Å². The Morgan fingerprint density at radius 3 is 2.79 bits per heavy atom. The quantitative estimate of drug-likeness (QED) is 0.765. The first-order chi connectivity index (χ1) is 11.6. The van der Waals surface area contributed by atoms with Crippen molar-refractivity contribution < 1.29 is 9.53 Å². The molecule has 1 amide bonds. The predicted octanol–water partition coefficient (Wildman–Crippen LogP) is 3.12. The molecule has 2 aromatic carbocycles. The molecule has 1 aromatic heterocycles. The van der Waals surface area contributed by atoms with E-state index in [1.54, 1.807) is 24.3 Å². The Morgan fingerprint density at radius 2 is 2.04 bits per heavy atom. The third kappa shape index (κ3) is 3.12. The van der Waals surface area contributed by atoms with Gasteiger partial charge >= 0.3 is 0 Å². The zero-order valence-electron chi connectivity index (χ0n) is 12.9. The molecule has 0 saturated heterocycles. The first-order valence-corrected chi connectivity index (χ1v) is 7.69. The number of H-pyrrole nitrogens is 1. The van der Waals surface area contributed by atoms with Crippen molar-refractivity contribution in [2.45, 2.75) is 6.54 Å². The molecule has 5 nitrogen and oxygen atoms in total. The summed E-state index contributed by atoms with van der Waals surface area (Å²) in [6.07, 6.45) is 1.42. The SMILES string of the molecule is COc1ccc2[nH]cc(C(=O)NCc3ccccc3Cl)c(=O)c2c1. The molecule has 0 radical (unpaired) electrons. The van der Waals surface area contributed by atoms with E-state index in [4.69, 9.17) is 16.3 Å². The number of ether oxygens (including phenoxy) is 1. The van der Waals surface area contributed by atoms with Gasteiger partial charge in [0.15, 0.2) is 0 Å². The molecule has 0 atom stereocenters. The highest BCUT2D eigenvalue weighted by atomic mass is 35.5. The number of nitrogens with one attached hydrogen (secondary N) is 2. The minimum Gasteiger partial charge on any atom is -0.497 e. The molecule has 2 N–H and O–H groups in total. The monoisotopic (exact) mass is 342 g/mol. The maximum absolute atomic E-state index is 12.6. The number of carbonyl (C=O) groups excluding carboxylic acids is 1. The van der Waals surface area contributed by atoms with E-state index in [1.807, 2.05) is 18.2 Å². The van der Waals surface area contributed by atoms with E-state index in [1.165, 1.54) is 13.3 Å². The second-order valence-electron chi connectivity index (χ2n) is 5.22. The zero-order valence-corrected chi connectivity index (χ0v) is 13.7. The average Bonchev–Trinajstić information content (AvgIpc) is 2.61. The molecule has 0 aliphatic heterocycles. The average molecular weight is 343 g/mol. The smallest absolute Gasteiger partial charge is 0.257 e. The Labute approximate surface area is 143 Å². The Kier molecular flexibility index (Phi) is 4.53. The van der Waals surface area contributed by atoms with Gasteiger partial charge in [-0.05, 0) is 29.8 Å². The molecule has 0 fully saturated rings. The van der Waals surface area contributed by atoms with Crippen LogP contribution in [0.1, 0.15) is 15.9 Å². The van der Waals surface area contributed by atoms with E-state index in [2.05, 4.69) is 10.3 Å². The largest absolute Gasteiger partial charge is 0.497 e. The molecular formula is C18H15ClN2O3. The summed E-state index contributed by atoms with van der Waals surface area (Å²) in [6, 6.07) is 12.3. The molecule has 0 bridgehead atoms. The Hall–Kier alpha value is -2.79. The van der Waals surface area contributed by atoms with Gasteiger partial charge in [0, 0.05) is 28.7 Å². The standard InChI is InChI=1S/C18H15ClN2O3/c1-24-12-6-7-16-13(8-12)17(22)14(10-20-16)18(23)21-9-11-4-2-3-5-15(11)19/h2-8,10H,9H2,1H3,(H,20,22)(H,21,23). The van der Waals surface area contributed by atoms with Crippen molar-refractivity contribution in [3.8, 4) is 5.75 Å². The topological polar surface area (TPSA) is 71.2 Å². The molecule has 0 saturated carbocycles. The van der Waals surface area contributed by atoms with Crippen molar-refractivity contribution in [2.75, 3.05) is 7.11 Å². The van der Waals surface area contributed by atoms with Crippen LogP contribution < -0.4 is 15.5 Å². The van der Waals surface area contributed by atoms with E-state index >= 15 is 0 Å². The number of pyridine rings is 1. The van der Waals surface area contributed by atoms with Gasteiger partial charge in [-0.2, -0.15) is 0 Å². The maximum atomic E-state index is 12.6. The number of hydrogen-bond donors (Lipinski definition) is 2. The maximum Gasteiger partial charge on any atom is 0.257 e. The van der Waals surface area contributed by atoms with Crippen molar-refractivity contribution in [2.24, 2.45) is 0 Å². The normalized spacial score (nSPS) is 10.6. The Bertz CT molecular complexity index is 966. The molecular weight excluding hydrogens is 328 g/mol. The number of carbonyl (C=O) groups is 1. The van der Waals surface area contributed by atoms with Crippen molar-refractivity contribution >= 4 is 28.4 Å². The number of hydrogen-bond acceptors (Lipinski definition) is 3. The lowest BCUT2D eigenvalue weighted by molar-refractivity contribution is 0.0949. The molecule has 24 heavy (non-hydrogen) atoms. The summed E-state index contributed by atoms with van der Waals surface area (Å²) in [6.45, 7) is 0.244. The molecule has 3 rings (SSSR count). The number of aromatic amines is 1. The second-order valence-corrected chi connectivity index (χ2v) is 5.62. The third-order valence-corrected chi connectivity index (χ3v) is 4.10. The van der Waals surface area contributed by atoms with Crippen LogP contribution in [0, 0.1) is 0 Å². The molecule has 0 spiro atoms. The Morgan fingerprint density at radius 1 is 1.25 bits per heavy atom. The van der Waals surface area contributed by atoms with Crippen molar-refractivity contribution in [3.63, 3.8) is 0 Å². The predicted molar refractivity (Wildman–Crippen MR) is 93.7 cm³/mol. The summed E-state index contributed by atoms with van der Waals surface area (Å²) in [5.41, 5.74) is 1.12. The highest BCUT2D eigenvalue weighted by molar-refractivity contribution is 6.31. The number of amides is 1. The third-order valence-electron chi connectivity index (χ3n) is 3.73. The van der Waals surface area contributed by atoms with E-state index < -0.39 is 5.91 Å². The molecule has 0 unspecified atom stereocenters. The van der Waals surface area contributed by atoms with Crippen LogP contribution in [0.2, 0.25) is 5.02 Å². The lowest BCUT2D eigenvalue weighted by atomic mass is 10.1. The summed E-state index contributed by atoms with van der Waals surface area (Å²) < 4.78 is 5.13. The van der Waals surface area contributed by atoms with E-state index in [9.17, 15) is 9.59 Å². The van der Waals surface area contributed by atoms with E-state index in [0.29, 0.717) is 21.7 Å². The summed E-state index contributed by atoms with van der Waals surface area (Å²) in [7, 11) is 1.52. The number of aromatic nitrogens is 1. The van der Waals surface area contributed by atoms with Gasteiger partial charge in [-0.15, -0.1) is 0 Å². The summed E-state index contributed by atoms with van der Waals surface area (Å²) >= 11 is 6.06. The van der Waals surface area contributed by atoms with Gasteiger partial charge in [-0.25, -0.2) is 0 Å². The van der Waals surface area contributed by atoms with E-state index in [0.717, 1.165) is 5.56 Å². The van der Waals surface area contributed by atoms with Gasteiger partial charge in [0.1, 0.15) is 11.3 Å². The fourth-order valence-corrected chi connectivity index (χ4v) is 2.61. The van der Waals surface area contributed by atoms with E-state index in [-0.39, 0.29) is 17.5 Å². The van der Waals surface area contributed by atoms with Crippen LogP contribution in [0.15, 0.2) is 53.5 Å². The molecule has 122 valence electrons. The lowest BCUT2D eigenvalue weighted by Crippen LogP contribution is -2.28. The number of fused-ring (bicyclic) bond motifs is 1. The van der Waals surface area contributed by atoms with Gasteiger partial charge in [-0.1, -0.05) is 29.8 Å². The van der Waals surface area contributed by atoms with Crippen LogP contribution in [0.4, 0.5) is 0 Å². The van der Waals surface area contributed by atoms with Crippen molar-refractivity contribution in [1.82, 2.24) is 10.3 Å². The highest BCUT2D eigenvalue weighted by Gasteiger charge is 2.13. The van der Waals surface area contributed by atoms with Gasteiger partial charge in [-0.3, -0.25) is 9.59 Å². The molecule has 3 aromatic rings. The van der Waals surface area contributed by atoms with Crippen molar-refractivity contribution in [3.05, 3.63) is 75.0 Å². The number of benzene rings is 2. The van der Waals surface area contributed by atoms with Crippen LogP contribution in [0.3, 0.4) is 0 Å². The molecule has 0 aliphatic carbocycles. The summed E-state index contributed by atoms with van der Waals surface area (Å²) in [4.78, 5) is 27.9. The van der Waals surface area contributed by atoms with Gasteiger partial charge < -0.3 is 15.0 Å². The first-order valence-electron chi connectivity index (χ1n) is 7.31. The van der Waals surface area contributed by atoms with Crippen molar-refractivity contribution in [1.29, 1.82) is 0 Å². The Balaban J connectivity index is 1.88. The van der Waals surface area contributed by atoms with Crippen LogP contribution in [0.25, 0.3) is 10.9 Å². The first kappa shape index (κ1) is 16.1. The van der Waals surface area contributed by atoms with Crippen LogP contribution in [0.5, 0.6) is 5.75 Å². The molecule has 6 heteroatoms. The minimum atomic E-state index is -0.458. The van der Waals surface area contributed by atoms with Crippen LogP contribution in [-0.2, 0) is 6.54 Å². The lowest BCUT2D eigenvalue weighted by Gasteiger charge is -2.08. The fourth-order valence-electron chi connectivity index (χ4n) is 2.41. The fraction of sp³-hybridized carbons (Fsp3) is 0.111.